The molecular formula is C27H32F4N6O2. The van der Waals surface area contributed by atoms with Gasteiger partial charge in [0.25, 0.3) is 11.5 Å². The van der Waals surface area contributed by atoms with E-state index in [1.165, 1.54) is 18.2 Å². The lowest BCUT2D eigenvalue weighted by Crippen LogP contribution is -2.34. The van der Waals surface area contributed by atoms with E-state index in [-0.39, 0.29) is 30.0 Å². The Morgan fingerprint density at radius 1 is 1.21 bits per heavy atom. The zero-order valence-electron chi connectivity index (χ0n) is 22.1. The normalized spacial score (nSPS) is 14.9. The van der Waals surface area contributed by atoms with E-state index < -0.39 is 35.6 Å². The second-order valence-corrected chi connectivity index (χ2v) is 10.5. The number of carbonyl (C=O) groups excluding carboxylic acids is 1. The van der Waals surface area contributed by atoms with Crippen LogP contribution >= 0.6 is 0 Å². The van der Waals surface area contributed by atoms with Crippen LogP contribution in [0.5, 0.6) is 0 Å². The summed E-state index contributed by atoms with van der Waals surface area (Å²) in [7, 11) is 1.82. The van der Waals surface area contributed by atoms with Gasteiger partial charge in [-0.1, -0.05) is 26.3 Å². The van der Waals surface area contributed by atoms with E-state index in [1.54, 1.807) is 17.0 Å². The van der Waals surface area contributed by atoms with Crippen LogP contribution in [0.1, 0.15) is 66.3 Å². The van der Waals surface area contributed by atoms with Gasteiger partial charge in [-0.2, -0.15) is 13.2 Å². The fourth-order valence-electron chi connectivity index (χ4n) is 4.77. The number of aromatic nitrogens is 4. The first-order valence-corrected chi connectivity index (χ1v) is 12.9. The van der Waals surface area contributed by atoms with Crippen LogP contribution in [0.4, 0.5) is 23.2 Å². The van der Waals surface area contributed by atoms with Crippen molar-refractivity contribution in [3.8, 4) is 0 Å². The highest BCUT2D eigenvalue weighted by Gasteiger charge is 2.33. The summed E-state index contributed by atoms with van der Waals surface area (Å²) in [6.07, 6.45) is 1.00. The van der Waals surface area contributed by atoms with E-state index in [4.69, 9.17) is 0 Å². The molecule has 210 valence electrons. The maximum absolute atomic E-state index is 14.9. The van der Waals surface area contributed by atoms with Gasteiger partial charge >= 0.3 is 6.18 Å². The second-order valence-electron chi connectivity index (χ2n) is 10.5. The smallest absolute Gasteiger partial charge is 0.320 e. The van der Waals surface area contributed by atoms with Crippen LogP contribution in [0.15, 0.2) is 41.6 Å². The molecule has 1 saturated carbocycles. The highest BCUT2D eigenvalue weighted by molar-refractivity contribution is 6.04. The number of pyridine rings is 1. The fraction of sp³-hybridized carbons (Fsp3) is 0.481. The van der Waals surface area contributed by atoms with Gasteiger partial charge < -0.3 is 19.8 Å². The molecule has 12 heteroatoms. The van der Waals surface area contributed by atoms with Crippen LogP contribution in [0, 0.1) is 17.7 Å². The Balaban J connectivity index is 1.66. The number of rotatable bonds is 10. The summed E-state index contributed by atoms with van der Waals surface area (Å²) < 4.78 is 56.6. The first-order valence-electron chi connectivity index (χ1n) is 12.9. The molecule has 8 nitrogen and oxygen atoms in total. The van der Waals surface area contributed by atoms with Crippen molar-refractivity contribution in [2.45, 2.75) is 58.3 Å². The van der Waals surface area contributed by atoms with E-state index in [2.05, 4.69) is 20.8 Å². The summed E-state index contributed by atoms with van der Waals surface area (Å²) in [6, 6.07) is 5.59. The molecule has 0 spiro atoms. The van der Waals surface area contributed by atoms with Crippen LogP contribution < -0.4 is 16.2 Å². The van der Waals surface area contributed by atoms with E-state index in [0.717, 1.165) is 25.5 Å². The molecule has 0 saturated heterocycles. The molecule has 4 rings (SSSR count). The second kappa shape index (κ2) is 11.7. The van der Waals surface area contributed by atoms with Gasteiger partial charge in [-0.05, 0) is 60.5 Å². The lowest BCUT2D eigenvalue weighted by Gasteiger charge is -2.33. The molecule has 1 amide bonds. The minimum atomic E-state index is -4.67. The van der Waals surface area contributed by atoms with E-state index in [9.17, 15) is 27.2 Å². The van der Waals surface area contributed by atoms with Crippen molar-refractivity contribution >= 4 is 11.6 Å². The Labute approximate surface area is 223 Å². The average Bonchev–Trinajstić information content (AvgIpc) is 3.23. The number of aryl methyl sites for hydroxylation is 1. The number of nitrogens with zero attached hydrogens (tertiary/aromatic N) is 4. The van der Waals surface area contributed by atoms with Crippen LogP contribution in [0.2, 0.25) is 0 Å². The molecule has 3 aromatic rings. The summed E-state index contributed by atoms with van der Waals surface area (Å²) in [5.74, 6) is -0.637. The van der Waals surface area contributed by atoms with Gasteiger partial charge in [-0.3, -0.25) is 9.59 Å². The number of halogens is 4. The van der Waals surface area contributed by atoms with Gasteiger partial charge in [0, 0.05) is 25.7 Å². The van der Waals surface area contributed by atoms with Crippen molar-refractivity contribution < 1.29 is 22.4 Å². The maximum Gasteiger partial charge on any atom is 0.406 e. The van der Waals surface area contributed by atoms with Crippen LogP contribution in [0.25, 0.3) is 0 Å². The van der Waals surface area contributed by atoms with Gasteiger partial charge in [0.15, 0.2) is 0 Å². The van der Waals surface area contributed by atoms with Crippen molar-refractivity contribution in [2.24, 2.45) is 18.9 Å². The standard InChI is InChI=1S/C27H32F4N6O2/c1-16(2)11-32-12-17-9-20(26(39)37(13-17)14-27(29,30)31)25(38)34-22-10-19(7-8-21(22)28)23(18-5-4-6-18)24-35-33-15-36(24)3/h7-10,13,15-16,18,23,32H,4-6,11-12,14H2,1-3H3,(H,34,38). The summed E-state index contributed by atoms with van der Waals surface area (Å²) >= 11 is 0. The third kappa shape index (κ3) is 6.92. The Kier molecular flexibility index (Phi) is 8.53. The Morgan fingerprint density at radius 2 is 1.95 bits per heavy atom. The third-order valence-electron chi connectivity index (χ3n) is 6.86. The molecule has 2 N–H and O–H groups in total. The van der Waals surface area contributed by atoms with Crippen molar-refractivity contribution in [2.75, 3.05) is 11.9 Å². The van der Waals surface area contributed by atoms with Crippen LogP contribution in [0.3, 0.4) is 0 Å². The third-order valence-corrected chi connectivity index (χ3v) is 6.86. The van der Waals surface area contributed by atoms with Gasteiger partial charge in [0.05, 0.1) is 5.69 Å². The van der Waals surface area contributed by atoms with E-state index in [0.29, 0.717) is 28.1 Å². The Bertz CT molecular complexity index is 1380. The van der Waals surface area contributed by atoms with E-state index >= 15 is 0 Å². The monoisotopic (exact) mass is 548 g/mol. The molecule has 1 atom stereocenters. The number of anilines is 1. The van der Waals surface area contributed by atoms with Crippen LogP contribution in [-0.2, 0) is 20.1 Å². The maximum atomic E-state index is 14.9. The number of benzene rings is 1. The molecular weight excluding hydrogens is 516 g/mol. The first-order chi connectivity index (χ1) is 18.4. The van der Waals surface area contributed by atoms with Gasteiger partial charge in [-0.25, -0.2) is 4.39 Å². The number of amides is 1. The minimum absolute atomic E-state index is 0.154. The summed E-state index contributed by atoms with van der Waals surface area (Å²) in [6.45, 7) is 3.14. The minimum Gasteiger partial charge on any atom is -0.320 e. The first kappa shape index (κ1) is 28.5. The molecule has 1 aliphatic rings. The lowest BCUT2D eigenvalue weighted by atomic mass is 9.72. The average molecular weight is 549 g/mol. The van der Waals surface area contributed by atoms with E-state index in [1.807, 2.05) is 20.9 Å². The molecule has 39 heavy (non-hydrogen) atoms. The summed E-state index contributed by atoms with van der Waals surface area (Å²) in [4.78, 5) is 26.1. The number of carbonyl (C=O) groups is 1. The molecule has 1 fully saturated rings. The highest BCUT2D eigenvalue weighted by atomic mass is 19.4. The molecule has 2 heterocycles. The van der Waals surface area contributed by atoms with Gasteiger partial charge in [0.1, 0.15) is 30.1 Å². The zero-order valence-corrected chi connectivity index (χ0v) is 22.1. The van der Waals surface area contributed by atoms with Crippen molar-refractivity contribution in [1.29, 1.82) is 0 Å². The predicted molar refractivity (Wildman–Crippen MR) is 138 cm³/mol. The number of hydrogen-bond acceptors (Lipinski definition) is 5. The summed E-state index contributed by atoms with van der Waals surface area (Å²) in [5.41, 5.74) is -0.744. The molecule has 0 radical (unpaired) electrons. The zero-order chi connectivity index (χ0) is 28.3. The highest BCUT2D eigenvalue weighted by Crippen LogP contribution is 2.43. The van der Waals surface area contributed by atoms with Crippen LogP contribution in [-0.4, -0.2) is 38.0 Å². The molecule has 1 aliphatic carbocycles. The largest absolute Gasteiger partial charge is 0.406 e. The number of alkyl halides is 3. The fourth-order valence-corrected chi connectivity index (χ4v) is 4.77. The molecule has 1 aromatic carbocycles. The topological polar surface area (TPSA) is 93.8 Å². The summed E-state index contributed by atoms with van der Waals surface area (Å²) in [5, 5.41) is 13.7. The van der Waals surface area contributed by atoms with Gasteiger partial charge in [-0.15, -0.1) is 10.2 Å². The predicted octanol–water partition coefficient (Wildman–Crippen LogP) is 4.61. The van der Waals surface area contributed by atoms with Crippen molar-refractivity contribution in [1.82, 2.24) is 24.6 Å². The SMILES string of the molecule is CC(C)CNCc1cc(C(=O)Nc2cc(C(c3nncn3C)C3CCC3)ccc2F)c(=O)n(CC(F)(F)F)c1. The quantitative estimate of drug-likeness (QED) is 0.361. The number of nitrogens with one attached hydrogen (secondary N) is 2. The van der Waals surface area contributed by atoms with Gasteiger partial charge in [0.2, 0.25) is 0 Å². The molecule has 0 bridgehead atoms. The molecule has 0 aliphatic heterocycles. The molecule has 2 aromatic heterocycles. The Morgan fingerprint density at radius 3 is 2.54 bits per heavy atom. The number of hydrogen-bond donors (Lipinski definition) is 2. The Hall–Kier alpha value is -3.54. The van der Waals surface area contributed by atoms with Crippen molar-refractivity contribution in [3.05, 3.63) is 75.5 Å². The van der Waals surface area contributed by atoms with Crippen molar-refractivity contribution in [3.63, 3.8) is 0 Å². The molecule has 1 unspecified atom stereocenters. The lowest BCUT2D eigenvalue weighted by molar-refractivity contribution is -0.141.